The van der Waals surface area contributed by atoms with Crippen molar-refractivity contribution in [2.75, 3.05) is 46.0 Å². The van der Waals surface area contributed by atoms with E-state index >= 15 is 0 Å². The van der Waals surface area contributed by atoms with E-state index in [2.05, 4.69) is 0 Å². The monoisotopic (exact) mass is 426 g/mol. The van der Waals surface area contributed by atoms with Crippen LogP contribution >= 0.6 is 0 Å². The van der Waals surface area contributed by atoms with Gasteiger partial charge in [-0.25, -0.2) is 8.42 Å². The number of rotatable bonds is 8. The summed E-state index contributed by atoms with van der Waals surface area (Å²) in [5.41, 5.74) is 3.53. The van der Waals surface area contributed by atoms with Crippen molar-refractivity contribution in [3.05, 3.63) is 28.3 Å². The molecule has 1 aliphatic heterocycles. The topological polar surface area (TPSA) is 76.2 Å². The molecule has 0 aromatic heterocycles. The highest BCUT2D eigenvalue weighted by Crippen LogP contribution is 2.29. The SMILES string of the molecule is CCOCCO[C@@H](C)C(=O)N1CCN(S(=O)(=O)c2c(C)c(C)cc(C)c2C)CC1. The molecule has 1 aliphatic rings. The molecule has 7 nitrogen and oxygen atoms in total. The van der Waals surface area contributed by atoms with Gasteiger partial charge in [-0.3, -0.25) is 4.79 Å². The van der Waals surface area contributed by atoms with Crippen LogP contribution in [0.25, 0.3) is 0 Å². The highest BCUT2D eigenvalue weighted by molar-refractivity contribution is 7.89. The number of benzene rings is 1. The molecule has 0 N–H and O–H groups in total. The number of sulfonamides is 1. The van der Waals surface area contributed by atoms with Gasteiger partial charge < -0.3 is 14.4 Å². The summed E-state index contributed by atoms with van der Waals surface area (Å²) in [5, 5.41) is 0. The number of carbonyl (C=O) groups is 1. The number of nitrogens with zero attached hydrogens (tertiary/aromatic N) is 2. The fourth-order valence-electron chi connectivity index (χ4n) is 3.60. The fraction of sp³-hybridized carbons (Fsp3) is 0.667. The van der Waals surface area contributed by atoms with Gasteiger partial charge in [-0.05, 0) is 63.8 Å². The number of piperazine rings is 1. The third-order valence-electron chi connectivity index (χ3n) is 5.59. The largest absolute Gasteiger partial charge is 0.379 e. The zero-order valence-electron chi connectivity index (χ0n) is 18.4. The molecule has 1 fully saturated rings. The van der Waals surface area contributed by atoms with Crippen molar-refractivity contribution in [2.45, 2.75) is 52.5 Å². The molecule has 8 heteroatoms. The summed E-state index contributed by atoms with van der Waals surface area (Å²) in [6.45, 7) is 13.9. The minimum absolute atomic E-state index is 0.114. The van der Waals surface area contributed by atoms with Gasteiger partial charge in [-0.15, -0.1) is 0 Å². The molecule has 29 heavy (non-hydrogen) atoms. The van der Waals surface area contributed by atoms with E-state index in [0.717, 1.165) is 22.3 Å². The first-order chi connectivity index (χ1) is 13.6. The van der Waals surface area contributed by atoms with Crippen LogP contribution in [-0.2, 0) is 24.3 Å². The Kier molecular flexibility index (Phi) is 8.22. The quantitative estimate of drug-likeness (QED) is 0.596. The lowest BCUT2D eigenvalue weighted by atomic mass is 10.0. The Labute approximate surface area is 175 Å². The zero-order chi connectivity index (χ0) is 21.8. The highest BCUT2D eigenvalue weighted by Gasteiger charge is 2.33. The van der Waals surface area contributed by atoms with Gasteiger partial charge in [0, 0.05) is 32.8 Å². The van der Waals surface area contributed by atoms with Crippen LogP contribution in [0.3, 0.4) is 0 Å². The second kappa shape index (κ2) is 10.0. The first-order valence-electron chi connectivity index (χ1n) is 10.2. The van der Waals surface area contributed by atoms with E-state index in [1.807, 2.05) is 40.7 Å². The Morgan fingerprint density at radius 2 is 1.59 bits per heavy atom. The molecule has 164 valence electrons. The summed E-state index contributed by atoms with van der Waals surface area (Å²) in [5.74, 6) is -0.114. The predicted octanol–water partition coefficient (Wildman–Crippen LogP) is 2.19. The van der Waals surface area contributed by atoms with Gasteiger partial charge >= 0.3 is 0 Å². The van der Waals surface area contributed by atoms with Crippen LogP contribution in [0.1, 0.15) is 36.1 Å². The number of hydrogen-bond donors (Lipinski definition) is 0. The number of carbonyl (C=O) groups excluding carboxylic acids is 1. The van der Waals surface area contributed by atoms with Crippen molar-refractivity contribution in [1.29, 1.82) is 0 Å². The van der Waals surface area contributed by atoms with Crippen LogP contribution in [0, 0.1) is 27.7 Å². The molecule has 1 aromatic rings. The number of ether oxygens (including phenoxy) is 2. The van der Waals surface area contributed by atoms with Gasteiger partial charge in [0.05, 0.1) is 18.1 Å². The molecule has 0 bridgehead atoms. The van der Waals surface area contributed by atoms with Crippen LogP contribution in [-0.4, -0.2) is 75.6 Å². The minimum atomic E-state index is -3.61. The maximum atomic E-state index is 13.3. The van der Waals surface area contributed by atoms with Crippen molar-refractivity contribution >= 4 is 15.9 Å². The zero-order valence-corrected chi connectivity index (χ0v) is 19.3. The molecule has 2 rings (SSSR count). The molecule has 0 aliphatic carbocycles. The van der Waals surface area contributed by atoms with E-state index in [9.17, 15) is 13.2 Å². The van der Waals surface area contributed by atoms with E-state index in [1.165, 1.54) is 4.31 Å². The molecule has 0 unspecified atom stereocenters. The van der Waals surface area contributed by atoms with E-state index in [1.54, 1.807) is 11.8 Å². The van der Waals surface area contributed by atoms with Gasteiger partial charge in [-0.1, -0.05) is 6.07 Å². The van der Waals surface area contributed by atoms with Gasteiger partial charge in [0.25, 0.3) is 5.91 Å². The van der Waals surface area contributed by atoms with Crippen molar-refractivity contribution in [3.8, 4) is 0 Å². The second-order valence-electron chi connectivity index (χ2n) is 7.53. The maximum absolute atomic E-state index is 13.3. The molecular formula is C21H34N2O5S. The molecule has 1 amide bonds. The van der Waals surface area contributed by atoms with Crippen molar-refractivity contribution < 1.29 is 22.7 Å². The first-order valence-corrected chi connectivity index (χ1v) is 11.6. The lowest BCUT2D eigenvalue weighted by Gasteiger charge is -2.35. The Balaban J connectivity index is 2.04. The van der Waals surface area contributed by atoms with Gasteiger partial charge in [0.2, 0.25) is 10.0 Å². The molecule has 1 atom stereocenters. The van der Waals surface area contributed by atoms with E-state index in [4.69, 9.17) is 9.47 Å². The van der Waals surface area contributed by atoms with Crippen molar-refractivity contribution in [2.24, 2.45) is 0 Å². The van der Waals surface area contributed by atoms with Crippen LogP contribution in [0.4, 0.5) is 0 Å². The fourth-order valence-corrected chi connectivity index (χ4v) is 5.60. The lowest BCUT2D eigenvalue weighted by molar-refractivity contribution is -0.144. The van der Waals surface area contributed by atoms with Gasteiger partial charge in [-0.2, -0.15) is 4.31 Å². The highest BCUT2D eigenvalue weighted by atomic mass is 32.2. The van der Waals surface area contributed by atoms with Crippen LogP contribution in [0.15, 0.2) is 11.0 Å². The number of aryl methyl sites for hydroxylation is 2. The third kappa shape index (κ3) is 5.36. The average molecular weight is 427 g/mol. The Bertz CT molecular complexity index is 804. The molecular weight excluding hydrogens is 392 g/mol. The third-order valence-corrected chi connectivity index (χ3v) is 7.77. The molecule has 1 aromatic carbocycles. The molecule has 1 heterocycles. The first kappa shape index (κ1) is 23.8. The average Bonchev–Trinajstić information content (AvgIpc) is 2.69. The van der Waals surface area contributed by atoms with Crippen molar-refractivity contribution in [3.63, 3.8) is 0 Å². The Morgan fingerprint density at radius 1 is 1.03 bits per heavy atom. The molecule has 0 spiro atoms. The van der Waals surface area contributed by atoms with Gasteiger partial charge in [0.15, 0.2) is 0 Å². The summed E-state index contributed by atoms with van der Waals surface area (Å²) in [4.78, 5) is 14.7. The van der Waals surface area contributed by atoms with Crippen LogP contribution in [0.2, 0.25) is 0 Å². The smallest absolute Gasteiger partial charge is 0.251 e. The normalized spacial score (nSPS) is 16.8. The summed E-state index contributed by atoms with van der Waals surface area (Å²) in [6.07, 6.45) is -0.567. The van der Waals surface area contributed by atoms with E-state index < -0.39 is 16.1 Å². The number of hydrogen-bond acceptors (Lipinski definition) is 5. The second-order valence-corrected chi connectivity index (χ2v) is 9.40. The van der Waals surface area contributed by atoms with Crippen LogP contribution in [0.5, 0.6) is 0 Å². The number of amides is 1. The standard InChI is InChI=1S/C21H34N2O5S/c1-7-27-12-13-28-19(6)21(24)22-8-10-23(11-9-22)29(25,26)20-17(4)15(2)14-16(3)18(20)5/h14,19H,7-13H2,1-6H3/t19-/m0/s1. The van der Waals surface area contributed by atoms with E-state index in [-0.39, 0.29) is 19.0 Å². The minimum Gasteiger partial charge on any atom is -0.379 e. The summed E-state index contributed by atoms with van der Waals surface area (Å²) < 4.78 is 38.9. The van der Waals surface area contributed by atoms with Crippen LogP contribution < -0.4 is 0 Å². The predicted molar refractivity (Wildman–Crippen MR) is 113 cm³/mol. The summed E-state index contributed by atoms with van der Waals surface area (Å²) in [6, 6.07) is 2.02. The van der Waals surface area contributed by atoms with Crippen molar-refractivity contribution in [1.82, 2.24) is 9.21 Å². The molecule has 0 radical (unpaired) electrons. The summed E-state index contributed by atoms with van der Waals surface area (Å²) in [7, 11) is -3.61. The van der Waals surface area contributed by atoms with E-state index in [0.29, 0.717) is 37.8 Å². The molecule has 1 saturated heterocycles. The molecule has 0 saturated carbocycles. The Morgan fingerprint density at radius 3 is 2.10 bits per heavy atom. The maximum Gasteiger partial charge on any atom is 0.251 e. The summed E-state index contributed by atoms with van der Waals surface area (Å²) >= 11 is 0. The Hall–Kier alpha value is -1.48. The van der Waals surface area contributed by atoms with Gasteiger partial charge in [0.1, 0.15) is 6.10 Å². The lowest BCUT2D eigenvalue weighted by Crippen LogP contribution is -2.53.